The summed E-state index contributed by atoms with van der Waals surface area (Å²) < 4.78 is 70.0. The minimum Gasteiger partial charge on any atom is -0.466 e. The zero-order valence-electron chi connectivity index (χ0n) is 17.2. The Morgan fingerprint density at radius 2 is 1.78 bits per heavy atom. The van der Waals surface area contributed by atoms with Crippen LogP contribution in [0.4, 0.5) is 13.2 Å². The number of ether oxygens (including phenoxy) is 1. The molecule has 0 unspecified atom stereocenters. The number of halogens is 3. The summed E-state index contributed by atoms with van der Waals surface area (Å²) in [6.45, 7) is 3.51. The third-order valence-corrected chi connectivity index (χ3v) is 5.59. The Morgan fingerprint density at radius 3 is 2.34 bits per heavy atom. The minimum absolute atomic E-state index is 0.0117. The topological polar surface area (TPSA) is 104 Å². The van der Waals surface area contributed by atoms with Crippen LogP contribution in [0, 0.1) is 6.92 Å². The molecule has 0 bridgehead atoms. The molecule has 0 amide bonds. The van der Waals surface area contributed by atoms with Gasteiger partial charge in [-0.05, 0) is 43.7 Å². The average molecular weight is 467 g/mol. The molecule has 32 heavy (non-hydrogen) atoms. The number of alkyl halides is 3. The van der Waals surface area contributed by atoms with Crippen molar-refractivity contribution in [3.05, 3.63) is 65.4 Å². The lowest BCUT2D eigenvalue weighted by molar-refractivity contribution is -0.142. The van der Waals surface area contributed by atoms with E-state index in [4.69, 9.17) is 9.88 Å². The van der Waals surface area contributed by atoms with Crippen molar-refractivity contribution in [1.29, 1.82) is 0 Å². The molecule has 3 rings (SSSR count). The summed E-state index contributed by atoms with van der Waals surface area (Å²) in [6, 6.07) is 11.4. The fourth-order valence-electron chi connectivity index (χ4n) is 3.13. The van der Waals surface area contributed by atoms with Crippen LogP contribution in [-0.4, -0.2) is 30.8 Å². The second-order valence-corrected chi connectivity index (χ2v) is 8.54. The number of carbonyl (C=O) groups excluding carboxylic acids is 1. The van der Waals surface area contributed by atoms with Gasteiger partial charge in [-0.15, -0.1) is 0 Å². The lowest BCUT2D eigenvalue weighted by atomic mass is 10.1. The highest BCUT2D eigenvalue weighted by Gasteiger charge is 2.35. The third kappa shape index (κ3) is 5.17. The summed E-state index contributed by atoms with van der Waals surface area (Å²) >= 11 is 0. The fourth-order valence-corrected chi connectivity index (χ4v) is 3.88. The van der Waals surface area contributed by atoms with Crippen LogP contribution in [0.5, 0.6) is 0 Å². The summed E-state index contributed by atoms with van der Waals surface area (Å²) in [5.41, 5.74) is 0.537. The van der Waals surface area contributed by atoms with Gasteiger partial charge < -0.3 is 4.74 Å². The highest BCUT2D eigenvalue weighted by Crippen LogP contribution is 2.34. The number of hydrogen-bond acceptors (Lipinski definition) is 5. The molecule has 11 heteroatoms. The molecule has 2 N–H and O–H groups in total. The summed E-state index contributed by atoms with van der Waals surface area (Å²) in [7, 11) is -4.20. The standard InChI is InChI=1S/C21H20F3N3O4S/c1-3-31-20(28)11-15-10-16(8-9-18(15)32(25,29)30)27-17(12-19(26-27)21(22,23)24)14-6-4-13(2)5-7-14/h4-10,12H,3,11H2,1-2H3,(H2,25,29,30). The quantitative estimate of drug-likeness (QED) is 0.558. The Bertz CT molecular complexity index is 1250. The Kier molecular flexibility index (Phi) is 6.42. The Hall–Kier alpha value is -3.18. The Morgan fingerprint density at radius 1 is 1.12 bits per heavy atom. The number of esters is 1. The monoisotopic (exact) mass is 467 g/mol. The van der Waals surface area contributed by atoms with Crippen LogP contribution in [0.2, 0.25) is 0 Å². The van der Waals surface area contributed by atoms with Crippen molar-refractivity contribution in [2.75, 3.05) is 6.61 Å². The smallest absolute Gasteiger partial charge is 0.435 e. The summed E-state index contributed by atoms with van der Waals surface area (Å²) in [5.74, 6) is -0.704. The van der Waals surface area contributed by atoms with Gasteiger partial charge in [0.25, 0.3) is 0 Å². The number of primary sulfonamides is 1. The van der Waals surface area contributed by atoms with Gasteiger partial charge in [0.15, 0.2) is 5.69 Å². The van der Waals surface area contributed by atoms with E-state index < -0.39 is 34.3 Å². The van der Waals surface area contributed by atoms with E-state index in [2.05, 4.69) is 5.10 Å². The van der Waals surface area contributed by atoms with Crippen molar-refractivity contribution in [2.45, 2.75) is 31.3 Å². The van der Waals surface area contributed by atoms with Gasteiger partial charge in [0, 0.05) is 5.56 Å². The number of benzene rings is 2. The summed E-state index contributed by atoms with van der Waals surface area (Å²) in [5, 5.41) is 8.94. The first-order valence-corrected chi connectivity index (χ1v) is 11.0. The highest BCUT2D eigenvalue weighted by molar-refractivity contribution is 7.89. The van der Waals surface area contributed by atoms with Gasteiger partial charge in [-0.1, -0.05) is 29.8 Å². The van der Waals surface area contributed by atoms with Crippen LogP contribution in [0.1, 0.15) is 23.7 Å². The lowest BCUT2D eigenvalue weighted by Crippen LogP contribution is -2.18. The fraction of sp³-hybridized carbons (Fsp3) is 0.238. The van der Waals surface area contributed by atoms with Crippen molar-refractivity contribution < 1.29 is 31.1 Å². The van der Waals surface area contributed by atoms with Gasteiger partial charge in [0.05, 0.1) is 29.3 Å². The average Bonchev–Trinajstić information content (AvgIpc) is 3.14. The first-order chi connectivity index (χ1) is 14.9. The molecule has 0 aliphatic heterocycles. The van der Waals surface area contributed by atoms with Gasteiger partial charge >= 0.3 is 12.1 Å². The first-order valence-electron chi connectivity index (χ1n) is 9.46. The molecule has 0 atom stereocenters. The van der Waals surface area contributed by atoms with Crippen LogP contribution in [0.25, 0.3) is 16.9 Å². The molecule has 1 aromatic heterocycles. The lowest BCUT2D eigenvalue weighted by Gasteiger charge is -2.13. The minimum atomic E-state index is -4.70. The molecule has 3 aromatic rings. The number of nitrogens with two attached hydrogens (primary N) is 1. The SMILES string of the molecule is CCOC(=O)Cc1cc(-n2nc(C(F)(F)F)cc2-c2ccc(C)cc2)ccc1S(N)(=O)=O. The van der Waals surface area contributed by atoms with Crippen molar-refractivity contribution in [2.24, 2.45) is 5.14 Å². The van der Waals surface area contributed by atoms with E-state index >= 15 is 0 Å². The van der Waals surface area contributed by atoms with Crippen molar-refractivity contribution in [3.63, 3.8) is 0 Å². The third-order valence-electron chi connectivity index (χ3n) is 4.58. The second kappa shape index (κ2) is 8.75. The van der Waals surface area contributed by atoms with Crippen molar-refractivity contribution >= 4 is 16.0 Å². The predicted molar refractivity (Wildman–Crippen MR) is 110 cm³/mol. The van der Waals surface area contributed by atoms with E-state index in [1.807, 2.05) is 6.92 Å². The molecular formula is C21H20F3N3O4S. The van der Waals surface area contributed by atoms with E-state index in [9.17, 15) is 26.4 Å². The number of sulfonamides is 1. The molecule has 0 fully saturated rings. The van der Waals surface area contributed by atoms with Crippen LogP contribution in [0.15, 0.2) is 53.4 Å². The van der Waals surface area contributed by atoms with Crippen LogP contribution in [0.3, 0.4) is 0 Å². The number of nitrogens with zero attached hydrogens (tertiary/aromatic N) is 2. The predicted octanol–water partition coefficient (Wildman–Crippen LogP) is 3.62. The van der Waals surface area contributed by atoms with E-state index in [1.54, 1.807) is 31.2 Å². The Labute approximate surface area is 182 Å². The number of rotatable bonds is 6. The summed E-state index contributed by atoms with van der Waals surface area (Å²) in [6.07, 6.45) is -5.13. The van der Waals surface area contributed by atoms with Gasteiger partial charge in [0.2, 0.25) is 10.0 Å². The maximum atomic E-state index is 13.4. The van der Waals surface area contributed by atoms with Crippen molar-refractivity contribution in [1.82, 2.24) is 9.78 Å². The molecule has 0 spiro atoms. The number of aromatic nitrogens is 2. The zero-order valence-corrected chi connectivity index (χ0v) is 18.0. The van der Waals surface area contributed by atoms with Crippen molar-refractivity contribution in [3.8, 4) is 16.9 Å². The highest BCUT2D eigenvalue weighted by atomic mass is 32.2. The second-order valence-electron chi connectivity index (χ2n) is 7.01. The maximum absolute atomic E-state index is 13.4. The number of carbonyl (C=O) groups is 1. The van der Waals surface area contributed by atoms with E-state index in [0.29, 0.717) is 5.56 Å². The van der Waals surface area contributed by atoms with Crippen LogP contribution in [-0.2, 0) is 32.2 Å². The number of hydrogen-bond donors (Lipinski definition) is 1. The molecule has 170 valence electrons. The van der Waals surface area contributed by atoms with Gasteiger partial charge in [0.1, 0.15) is 0 Å². The molecule has 0 saturated heterocycles. The first kappa shape index (κ1) is 23.5. The molecule has 2 aromatic carbocycles. The van der Waals surface area contributed by atoms with Gasteiger partial charge in [-0.2, -0.15) is 18.3 Å². The molecule has 0 saturated carbocycles. The normalized spacial score (nSPS) is 12.1. The van der Waals surface area contributed by atoms with Crippen LogP contribution < -0.4 is 5.14 Å². The molecular weight excluding hydrogens is 447 g/mol. The van der Waals surface area contributed by atoms with Gasteiger partial charge in [-0.3, -0.25) is 4.79 Å². The van der Waals surface area contributed by atoms with E-state index in [-0.39, 0.29) is 28.4 Å². The molecule has 0 aliphatic carbocycles. The largest absolute Gasteiger partial charge is 0.466 e. The van der Waals surface area contributed by atoms with Gasteiger partial charge in [-0.25, -0.2) is 18.2 Å². The van der Waals surface area contributed by atoms with Crippen LogP contribution >= 0.6 is 0 Å². The number of aryl methyl sites for hydroxylation is 1. The summed E-state index contributed by atoms with van der Waals surface area (Å²) in [4.78, 5) is 11.6. The maximum Gasteiger partial charge on any atom is 0.435 e. The van der Waals surface area contributed by atoms with E-state index in [1.165, 1.54) is 12.1 Å². The van der Waals surface area contributed by atoms with E-state index in [0.717, 1.165) is 22.4 Å². The molecule has 7 nitrogen and oxygen atoms in total. The Balaban J connectivity index is 2.21. The molecule has 0 aliphatic rings. The molecule has 1 heterocycles. The molecule has 0 radical (unpaired) electrons. The zero-order chi connectivity index (χ0) is 23.7.